The van der Waals surface area contributed by atoms with Crippen LogP contribution in [0.15, 0.2) is 16.5 Å². The Morgan fingerprint density at radius 3 is 2.78 bits per heavy atom. The van der Waals surface area contributed by atoms with Gasteiger partial charge >= 0.3 is 11.9 Å². The summed E-state index contributed by atoms with van der Waals surface area (Å²) in [5.41, 5.74) is 0. The first kappa shape index (κ1) is 14.2. The highest BCUT2D eigenvalue weighted by molar-refractivity contribution is 5.86. The van der Waals surface area contributed by atoms with Crippen LogP contribution in [0.25, 0.3) is 0 Å². The van der Waals surface area contributed by atoms with E-state index in [0.29, 0.717) is 18.9 Å². The fraction of sp³-hybridized carbons (Fsp3) is 0.500. The number of methoxy groups -OCH3 is 1. The first-order chi connectivity index (χ1) is 8.58. The van der Waals surface area contributed by atoms with Crippen molar-refractivity contribution in [2.75, 3.05) is 13.7 Å². The summed E-state index contributed by atoms with van der Waals surface area (Å²) in [7, 11) is 1.28. The van der Waals surface area contributed by atoms with Crippen molar-refractivity contribution in [3.05, 3.63) is 23.7 Å². The van der Waals surface area contributed by atoms with Crippen LogP contribution in [0.1, 0.15) is 30.2 Å². The average molecular weight is 255 g/mol. The van der Waals surface area contributed by atoms with Gasteiger partial charge in [0, 0.05) is 0 Å². The zero-order valence-corrected chi connectivity index (χ0v) is 10.7. The van der Waals surface area contributed by atoms with Gasteiger partial charge < -0.3 is 13.9 Å². The third-order valence-electron chi connectivity index (χ3n) is 2.27. The molecule has 0 aliphatic rings. The average Bonchev–Trinajstić information content (AvgIpc) is 2.84. The zero-order chi connectivity index (χ0) is 13.5. The second-order valence-electron chi connectivity index (χ2n) is 3.61. The molecule has 0 spiro atoms. The molecule has 0 saturated heterocycles. The number of ether oxygens (including phenoxy) is 2. The molecule has 1 rings (SSSR count). The molecule has 1 heterocycles. The van der Waals surface area contributed by atoms with Crippen LogP contribution >= 0.6 is 0 Å². The van der Waals surface area contributed by atoms with E-state index in [9.17, 15) is 9.59 Å². The lowest BCUT2D eigenvalue weighted by Crippen LogP contribution is -2.34. The van der Waals surface area contributed by atoms with Gasteiger partial charge in [-0.3, -0.25) is 10.1 Å². The molecule has 1 N–H and O–H groups in total. The van der Waals surface area contributed by atoms with E-state index in [2.05, 4.69) is 10.1 Å². The van der Waals surface area contributed by atoms with Crippen LogP contribution in [0.5, 0.6) is 0 Å². The minimum atomic E-state index is -0.528. The Labute approximate surface area is 105 Å². The maximum atomic E-state index is 11.3. The van der Waals surface area contributed by atoms with Crippen LogP contribution < -0.4 is 5.32 Å². The number of hydrogen-bond donors (Lipinski definition) is 1. The van der Waals surface area contributed by atoms with Gasteiger partial charge in [-0.15, -0.1) is 0 Å². The van der Waals surface area contributed by atoms with E-state index in [-0.39, 0.29) is 11.7 Å². The van der Waals surface area contributed by atoms with E-state index in [0.717, 1.165) is 0 Å². The smallest absolute Gasteiger partial charge is 0.373 e. The van der Waals surface area contributed by atoms with Crippen LogP contribution in [0.3, 0.4) is 0 Å². The molecule has 1 unspecified atom stereocenters. The Morgan fingerprint density at radius 1 is 1.44 bits per heavy atom. The zero-order valence-electron chi connectivity index (χ0n) is 10.7. The molecule has 0 fully saturated rings. The lowest BCUT2D eigenvalue weighted by molar-refractivity contribution is -0.145. The number of rotatable bonds is 6. The fourth-order valence-electron chi connectivity index (χ4n) is 1.29. The topological polar surface area (TPSA) is 77.8 Å². The highest BCUT2D eigenvalue weighted by Gasteiger charge is 2.15. The first-order valence-electron chi connectivity index (χ1n) is 5.65. The predicted octanol–water partition coefficient (Wildman–Crippen LogP) is 1.11. The molecule has 0 aliphatic carbocycles. The normalized spacial score (nSPS) is 11.9. The van der Waals surface area contributed by atoms with Crippen molar-refractivity contribution in [2.45, 2.75) is 26.4 Å². The van der Waals surface area contributed by atoms with Gasteiger partial charge in [-0.1, -0.05) is 0 Å². The molecule has 1 aromatic rings. The highest BCUT2D eigenvalue weighted by atomic mass is 16.5. The van der Waals surface area contributed by atoms with Crippen molar-refractivity contribution in [3.63, 3.8) is 0 Å². The molecule has 0 aromatic carbocycles. The molecule has 0 amide bonds. The molecule has 0 bridgehead atoms. The predicted molar refractivity (Wildman–Crippen MR) is 63.0 cm³/mol. The largest absolute Gasteiger partial charge is 0.465 e. The molecular weight excluding hydrogens is 238 g/mol. The summed E-state index contributed by atoms with van der Waals surface area (Å²) in [6, 6.07) is 2.74. The van der Waals surface area contributed by atoms with Gasteiger partial charge in [0.15, 0.2) is 0 Å². The van der Waals surface area contributed by atoms with Crippen molar-refractivity contribution >= 4 is 11.9 Å². The van der Waals surface area contributed by atoms with Crippen LogP contribution in [0.2, 0.25) is 0 Å². The molecule has 0 saturated carbocycles. The van der Waals surface area contributed by atoms with E-state index in [1.54, 1.807) is 19.9 Å². The molecule has 1 atom stereocenters. The van der Waals surface area contributed by atoms with Crippen LogP contribution in [-0.2, 0) is 20.8 Å². The van der Waals surface area contributed by atoms with E-state index in [1.165, 1.54) is 13.2 Å². The number of carbonyl (C=O) groups is 2. The third-order valence-corrected chi connectivity index (χ3v) is 2.27. The fourth-order valence-corrected chi connectivity index (χ4v) is 1.29. The number of esters is 2. The second kappa shape index (κ2) is 6.80. The second-order valence-corrected chi connectivity index (χ2v) is 3.61. The Kier molecular flexibility index (Phi) is 5.38. The Bertz CT molecular complexity index is 412. The van der Waals surface area contributed by atoms with Gasteiger partial charge in [0.05, 0.1) is 20.3 Å². The van der Waals surface area contributed by atoms with Crippen molar-refractivity contribution in [1.82, 2.24) is 5.32 Å². The van der Waals surface area contributed by atoms with Crippen molar-refractivity contribution in [3.8, 4) is 0 Å². The molecule has 1 aromatic heterocycles. The van der Waals surface area contributed by atoms with Gasteiger partial charge in [0.25, 0.3) is 0 Å². The number of nitrogens with one attached hydrogen (secondary N) is 1. The Balaban J connectivity index is 2.46. The summed E-state index contributed by atoms with van der Waals surface area (Å²) >= 11 is 0. The third kappa shape index (κ3) is 3.89. The van der Waals surface area contributed by atoms with E-state index < -0.39 is 12.0 Å². The molecule has 6 heteroatoms. The SMILES string of the molecule is CCOC(=O)C(C)NCc1ccc(C(=O)OC)o1. The first-order valence-corrected chi connectivity index (χ1v) is 5.65. The molecule has 18 heavy (non-hydrogen) atoms. The molecule has 0 aliphatic heterocycles. The summed E-state index contributed by atoms with van der Waals surface area (Å²) < 4.78 is 14.6. The molecule has 6 nitrogen and oxygen atoms in total. The molecular formula is C12H17NO5. The maximum absolute atomic E-state index is 11.3. The van der Waals surface area contributed by atoms with Crippen LogP contribution in [0, 0.1) is 0 Å². The summed E-state index contributed by atoms with van der Waals surface area (Å²) in [6.45, 7) is 4.12. The van der Waals surface area contributed by atoms with Crippen LogP contribution in [-0.4, -0.2) is 31.7 Å². The highest BCUT2D eigenvalue weighted by Crippen LogP contribution is 2.09. The number of carbonyl (C=O) groups excluding carboxylic acids is 2. The van der Waals surface area contributed by atoms with Gasteiger partial charge in [-0.05, 0) is 26.0 Å². The lowest BCUT2D eigenvalue weighted by atomic mass is 10.3. The van der Waals surface area contributed by atoms with Gasteiger partial charge in [-0.25, -0.2) is 4.79 Å². The van der Waals surface area contributed by atoms with E-state index in [4.69, 9.17) is 9.15 Å². The molecule has 0 radical (unpaired) electrons. The van der Waals surface area contributed by atoms with Crippen LogP contribution in [0.4, 0.5) is 0 Å². The van der Waals surface area contributed by atoms with Gasteiger partial charge in [0.1, 0.15) is 11.8 Å². The van der Waals surface area contributed by atoms with E-state index >= 15 is 0 Å². The summed E-state index contributed by atoms with van der Waals surface area (Å²) in [5, 5.41) is 2.93. The van der Waals surface area contributed by atoms with Crippen molar-refractivity contribution in [1.29, 1.82) is 0 Å². The lowest BCUT2D eigenvalue weighted by Gasteiger charge is -2.11. The molecule has 100 valence electrons. The summed E-state index contributed by atoms with van der Waals surface area (Å²) in [4.78, 5) is 22.5. The Morgan fingerprint density at radius 2 is 2.17 bits per heavy atom. The number of furan rings is 1. The monoisotopic (exact) mass is 255 g/mol. The Hall–Kier alpha value is -1.82. The van der Waals surface area contributed by atoms with Crippen molar-refractivity contribution in [2.24, 2.45) is 0 Å². The minimum Gasteiger partial charge on any atom is -0.465 e. The summed E-state index contributed by atoms with van der Waals surface area (Å²) in [6.07, 6.45) is 0. The van der Waals surface area contributed by atoms with Gasteiger partial charge in [0.2, 0.25) is 5.76 Å². The van der Waals surface area contributed by atoms with E-state index in [1.807, 2.05) is 0 Å². The number of hydrogen-bond acceptors (Lipinski definition) is 6. The van der Waals surface area contributed by atoms with Crippen molar-refractivity contribution < 1.29 is 23.5 Å². The standard InChI is InChI=1S/C12H17NO5/c1-4-17-11(14)8(2)13-7-9-5-6-10(18-9)12(15)16-3/h5-6,8,13H,4,7H2,1-3H3. The minimum absolute atomic E-state index is 0.137. The quantitative estimate of drug-likeness (QED) is 0.767. The maximum Gasteiger partial charge on any atom is 0.373 e. The summed E-state index contributed by atoms with van der Waals surface area (Å²) in [5.74, 6) is -0.165. The van der Waals surface area contributed by atoms with Gasteiger partial charge in [-0.2, -0.15) is 0 Å².